The molecule has 1 rings (SSSR count). The molecule has 1 atom stereocenters. The van der Waals surface area contributed by atoms with Gasteiger partial charge in [0.1, 0.15) is 5.75 Å². The van der Waals surface area contributed by atoms with Gasteiger partial charge < -0.3 is 21.5 Å². The number of hydrogen-bond donors (Lipinski definition) is 3. The van der Waals surface area contributed by atoms with Gasteiger partial charge in [0, 0.05) is 11.8 Å². The molecular formula is C13H20ClN3O3. The third-order valence-electron chi connectivity index (χ3n) is 2.50. The standard InChI is InChI=1S/C13H19N3O3.ClH/c1-8(2)12(15)13(18)16-9-4-3-5-10(6-9)19-7-11(14)17;/h3-6,8,12H,7,15H2,1-2H3,(H2,14,17)(H,16,18);1H/t12-;/m0./s1. The highest BCUT2D eigenvalue weighted by Gasteiger charge is 2.17. The van der Waals surface area contributed by atoms with Crippen LogP contribution in [0.5, 0.6) is 5.75 Å². The molecule has 1 aromatic rings. The smallest absolute Gasteiger partial charge is 0.255 e. The molecule has 7 heteroatoms. The van der Waals surface area contributed by atoms with Crippen molar-refractivity contribution in [2.24, 2.45) is 17.4 Å². The third-order valence-corrected chi connectivity index (χ3v) is 2.50. The van der Waals surface area contributed by atoms with Crippen LogP contribution < -0.4 is 21.5 Å². The van der Waals surface area contributed by atoms with Crippen LogP contribution in [0.1, 0.15) is 13.8 Å². The second-order valence-corrected chi connectivity index (χ2v) is 4.54. The molecule has 6 nitrogen and oxygen atoms in total. The molecule has 0 fully saturated rings. The molecule has 0 unspecified atom stereocenters. The fraction of sp³-hybridized carbons (Fsp3) is 0.385. The number of carbonyl (C=O) groups excluding carboxylic acids is 2. The van der Waals surface area contributed by atoms with Crippen LogP contribution in [0.25, 0.3) is 0 Å². The summed E-state index contributed by atoms with van der Waals surface area (Å²) < 4.78 is 5.14. The first kappa shape index (κ1) is 18.2. The normalized spacial score (nSPS) is 11.4. The zero-order chi connectivity index (χ0) is 14.4. The zero-order valence-electron chi connectivity index (χ0n) is 11.5. The number of benzene rings is 1. The predicted octanol–water partition coefficient (Wildman–Crippen LogP) is 0.894. The number of hydrogen-bond acceptors (Lipinski definition) is 4. The average molecular weight is 302 g/mol. The molecule has 0 aliphatic carbocycles. The van der Waals surface area contributed by atoms with Gasteiger partial charge in [-0.15, -0.1) is 12.4 Å². The number of ether oxygens (including phenoxy) is 1. The Kier molecular flexibility index (Phi) is 7.64. The van der Waals surface area contributed by atoms with Gasteiger partial charge >= 0.3 is 0 Å². The number of halogens is 1. The van der Waals surface area contributed by atoms with Crippen molar-refractivity contribution in [1.82, 2.24) is 0 Å². The summed E-state index contributed by atoms with van der Waals surface area (Å²) in [6.07, 6.45) is 0. The predicted molar refractivity (Wildman–Crippen MR) is 79.8 cm³/mol. The van der Waals surface area contributed by atoms with E-state index >= 15 is 0 Å². The lowest BCUT2D eigenvalue weighted by Gasteiger charge is -2.15. The molecule has 5 N–H and O–H groups in total. The zero-order valence-corrected chi connectivity index (χ0v) is 12.3. The van der Waals surface area contributed by atoms with Crippen LogP contribution in [-0.2, 0) is 9.59 Å². The van der Waals surface area contributed by atoms with Crippen molar-refractivity contribution in [3.8, 4) is 5.75 Å². The van der Waals surface area contributed by atoms with E-state index in [9.17, 15) is 9.59 Å². The lowest BCUT2D eigenvalue weighted by Crippen LogP contribution is -2.39. The highest BCUT2D eigenvalue weighted by atomic mass is 35.5. The summed E-state index contributed by atoms with van der Waals surface area (Å²) in [5.41, 5.74) is 11.3. The van der Waals surface area contributed by atoms with Gasteiger partial charge in [-0.1, -0.05) is 19.9 Å². The minimum absolute atomic E-state index is 0. The van der Waals surface area contributed by atoms with E-state index in [4.69, 9.17) is 16.2 Å². The molecule has 0 saturated heterocycles. The largest absolute Gasteiger partial charge is 0.484 e. The molecule has 0 radical (unpaired) electrons. The van der Waals surface area contributed by atoms with Crippen molar-refractivity contribution in [1.29, 1.82) is 0 Å². The van der Waals surface area contributed by atoms with Crippen molar-refractivity contribution >= 4 is 29.9 Å². The fourth-order valence-electron chi connectivity index (χ4n) is 1.35. The van der Waals surface area contributed by atoms with Gasteiger partial charge in [-0.25, -0.2) is 0 Å². The van der Waals surface area contributed by atoms with Crippen molar-refractivity contribution in [3.63, 3.8) is 0 Å². The van der Waals surface area contributed by atoms with Crippen LogP contribution in [0.2, 0.25) is 0 Å². The highest BCUT2D eigenvalue weighted by Crippen LogP contribution is 2.17. The summed E-state index contributed by atoms with van der Waals surface area (Å²) in [7, 11) is 0. The van der Waals surface area contributed by atoms with E-state index in [-0.39, 0.29) is 30.8 Å². The number of amides is 2. The number of nitrogens with two attached hydrogens (primary N) is 2. The van der Waals surface area contributed by atoms with Crippen LogP contribution >= 0.6 is 12.4 Å². The van der Waals surface area contributed by atoms with Crippen LogP contribution in [0.15, 0.2) is 24.3 Å². The van der Waals surface area contributed by atoms with E-state index in [0.29, 0.717) is 11.4 Å². The topological polar surface area (TPSA) is 107 Å². The first-order valence-electron chi connectivity index (χ1n) is 5.97. The number of primary amides is 1. The molecule has 0 spiro atoms. The van der Waals surface area contributed by atoms with Crippen LogP contribution in [-0.4, -0.2) is 24.5 Å². The Morgan fingerprint density at radius 3 is 2.55 bits per heavy atom. The molecule has 112 valence electrons. The summed E-state index contributed by atoms with van der Waals surface area (Å²) >= 11 is 0. The van der Waals surface area contributed by atoms with Gasteiger partial charge in [0.25, 0.3) is 5.91 Å². The van der Waals surface area contributed by atoms with E-state index in [1.165, 1.54) is 0 Å². The van der Waals surface area contributed by atoms with Gasteiger partial charge in [0.15, 0.2) is 6.61 Å². The Balaban J connectivity index is 0.00000361. The Hall–Kier alpha value is -1.79. The minimum atomic E-state index is -0.574. The number of rotatable bonds is 6. The first-order chi connectivity index (χ1) is 8.90. The molecular weight excluding hydrogens is 282 g/mol. The van der Waals surface area contributed by atoms with Crippen LogP contribution in [0, 0.1) is 5.92 Å². The Morgan fingerprint density at radius 1 is 1.35 bits per heavy atom. The molecule has 0 saturated carbocycles. The summed E-state index contributed by atoms with van der Waals surface area (Å²) in [4.78, 5) is 22.4. The monoisotopic (exact) mass is 301 g/mol. The molecule has 0 bridgehead atoms. The van der Waals surface area contributed by atoms with E-state index in [2.05, 4.69) is 5.32 Å². The highest BCUT2D eigenvalue weighted by molar-refractivity contribution is 5.95. The molecule has 2 amide bonds. The van der Waals surface area contributed by atoms with Gasteiger partial charge in [-0.2, -0.15) is 0 Å². The van der Waals surface area contributed by atoms with Crippen molar-refractivity contribution in [3.05, 3.63) is 24.3 Å². The molecule has 20 heavy (non-hydrogen) atoms. The van der Waals surface area contributed by atoms with Crippen molar-refractivity contribution < 1.29 is 14.3 Å². The Labute approximate surface area is 124 Å². The summed E-state index contributed by atoms with van der Waals surface area (Å²) in [5, 5.41) is 2.69. The Morgan fingerprint density at radius 2 is 2.00 bits per heavy atom. The number of nitrogens with one attached hydrogen (secondary N) is 1. The Bertz CT molecular complexity index is 466. The minimum Gasteiger partial charge on any atom is -0.484 e. The van der Waals surface area contributed by atoms with Crippen LogP contribution in [0.4, 0.5) is 5.69 Å². The van der Waals surface area contributed by atoms with Gasteiger partial charge in [0.2, 0.25) is 5.91 Å². The molecule has 0 aliphatic rings. The van der Waals surface area contributed by atoms with E-state index in [1.807, 2.05) is 13.8 Å². The molecule has 0 heterocycles. The second kappa shape index (κ2) is 8.39. The quantitative estimate of drug-likeness (QED) is 0.725. The summed E-state index contributed by atoms with van der Waals surface area (Å²) in [6.45, 7) is 3.54. The van der Waals surface area contributed by atoms with E-state index < -0.39 is 11.9 Å². The van der Waals surface area contributed by atoms with Gasteiger partial charge in [-0.3, -0.25) is 9.59 Å². The van der Waals surface area contributed by atoms with Crippen LogP contribution in [0.3, 0.4) is 0 Å². The fourth-order valence-corrected chi connectivity index (χ4v) is 1.35. The molecule has 0 aliphatic heterocycles. The molecule has 1 aromatic carbocycles. The van der Waals surface area contributed by atoms with Crippen molar-refractivity contribution in [2.75, 3.05) is 11.9 Å². The van der Waals surface area contributed by atoms with Gasteiger partial charge in [0.05, 0.1) is 6.04 Å². The first-order valence-corrected chi connectivity index (χ1v) is 5.97. The maximum Gasteiger partial charge on any atom is 0.255 e. The number of carbonyl (C=O) groups is 2. The lowest BCUT2D eigenvalue weighted by atomic mass is 10.0. The maximum absolute atomic E-state index is 11.8. The van der Waals surface area contributed by atoms with E-state index in [1.54, 1.807) is 24.3 Å². The van der Waals surface area contributed by atoms with Crippen molar-refractivity contribution in [2.45, 2.75) is 19.9 Å². The average Bonchev–Trinajstić information content (AvgIpc) is 2.35. The summed E-state index contributed by atoms with van der Waals surface area (Å²) in [6, 6.07) is 6.11. The summed E-state index contributed by atoms with van der Waals surface area (Å²) in [5.74, 6) is -0.317. The second-order valence-electron chi connectivity index (χ2n) is 4.54. The van der Waals surface area contributed by atoms with Gasteiger partial charge in [-0.05, 0) is 18.1 Å². The maximum atomic E-state index is 11.8. The third kappa shape index (κ3) is 5.90. The number of anilines is 1. The SMILES string of the molecule is CC(C)[C@H](N)C(=O)Nc1cccc(OCC(N)=O)c1.Cl. The lowest BCUT2D eigenvalue weighted by molar-refractivity contribution is -0.120. The van der Waals surface area contributed by atoms with E-state index in [0.717, 1.165) is 0 Å². The molecule has 0 aromatic heterocycles.